The van der Waals surface area contributed by atoms with Crippen molar-refractivity contribution in [2.75, 3.05) is 12.4 Å². The maximum Gasteiger partial charge on any atom is 0.251 e. The Hall–Kier alpha value is -1.29. The summed E-state index contributed by atoms with van der Waals surface area (Å²) in [5, 5.41) is 6.23. The van der Waals surface area contributed by atoms with E-state index in [4.69, 9.17) is 11.6 Å². The Morgan fingerprint density at radius 1 is 1.50 bits per heavy atom. The fourth-order valence-electron chi connectivity index (χ4n) is 2.10. The van der Waals surface area contributed by atoms with Crippen molar-refractivity contribution in [1.29, 1.82) is 0 Å². The maximum atomic E-state index is 12.1. The molecule has 2 rings (SSSR count). The van der Waals surface area contributed by atoms with Crippen LogP contribution in [0, 0.1) is 5.92 Å². The Morgan fingerprint density at radius 3 is 2.78 bits per heavy atom. The highest BCUT2D eigenvalue weighted by Crippen LogP contribution is 2.29. The number of anilines is 1. The molecule has 0 bridgehead atoms. The van der Waals surface area contributed by atoms with Gasteiger partial charge in [-0.3, -0.25) is 4.79 Å². The van der Waals surface area contributed by atoms with Crippen LogP contribution in [-0.4, -0.2) is 24.0 Å². The summed E-state index contributed by atoms with van der Waals surface area (Å²) in [5.41, 5.74) is 0.547. The molecule has 1 aliphatic rings. The smallest absolute Gasteiger partial charge is 0.251 e. The van der Waals surface area contributed by atoms with Crippen molar-refractivity contribution in [2.45, 2.75) is 32.2 Å². The van der Waals surface area contributed by atoms with Gasteiger partial charge in [-0.15, -0.1) is 0 Å². The van der Waals surface area contributed by atoms with Gasteiger partial charge in [0.1, 0.15) is 11.0 Å². The summed E-state index contributed by atoms with van der Waals surface area (Å²) in [6.45, 7) is 2.06. The number of aromatic nitrogens is 1. The molecule has 1 fully saturated rings. The molecule has 5 heteroatoms. The predicted molar refractivity (Wildman–Crippen MR) is 73.1 cm³/mol. The monoisotopic (exact) mass is 267 g/mol. The Morgan fingerprint density at radius 2 is 2.22 bits per heavy atom. The number of rotatable bonds is 4. The van der Waals surface area contributed by atoms with Crippen molar-refractivity contribution in [2.24, 2.45) is 5.92 Å². The molecule has 1 aromatic heterocycles. The summed E-state index contributed by atoms with van der Waals surface area (Å²) in [4.78, 5) is 16.1. The van der Waals surface area contributed by atoms with Crippen molar-refractivity contribution in [3.8, 4) is 0 Å². The lowest BCUT2D eigenvalue weighted by Crippen LogP contribution is -2.40. The van der Waals surface area contributed by atoms with Gasteiger partial charge in [0.2, 0.25) is 0 Å². The Kier molecular flexibility index (Phi) is 4.07. The minimum absolute atomic E-state index is 0.0878. The van der Waals surface area contributed by atoms with E-state index < -0.39 is 0 Å². The fraction of sp³-hybridized carbons (Fsp3) is 0.538. The lowest BCUT2D eigenvalue weighted by molar-refractivity contribution is 0.0909. The average molecular weight is 268 g/mol. The Bertz CT molecular complexity index is 446. The third-order valence-corrected chi connectivity index (χ3v) is 3.72. The van der Waals surface area contributed by atoms with Crippen LogP contribution in [0.5, 0.6) is 0 Å². The molecule has 0 aliphatic heterocycles. The zero-order valence-electron chi connectivity index (χ0n) is 10.7. The van der Waals surface area contributed by atoms with Gasteiger partial charge in [-0.1, -0.05) is 18.0 Å². The van der Waals surface area contributed by atoms with Gasteiger partial charge >= 0.3 is 0 Å². The first-order valence-corrected chi connectivity index (χ1v) is 6.64. The minimum atomic E-state index is -0.0878. The van der Waals surface area contributed by atoms with Crippen molar-refractivity contribution < 1.29 is 4.79 Å². The number of carbonyl (C=O) groups is 1. The van der Waals surface area contributed by atoms with Crippen LogP contribution in [0.3, 0.4) is 0 Å². The van der Waals surface area contributed by atoms with Crippen LogP contribution < -0.4 is 10.6 Å². The van der Waals surface area contributed by atoms with Gasteiger partial charge in [-0.25, -0.2) is 4.98 Å². The zero-order valence-corrected chi connectivity index (χ0v) is 11.4. The number of pyridine rings is 1. The third-order valence-electron chi connectivity index (χ3n) is 3.53. The molecule has 1 heterocycles. The molecule has 1 aliphatic carbocycles. The lowest BCUT2D eigenvalue weighted by Gasteiger charge is -2.31. The molecule has 1 amide bonds. The van der Waals surface area contributed by atoms with Crippen LogP contribution in [-0.2, 0) is 0 Å². The van der Waals surface area contributed by atoms with Crippen LogP contribution in [0.25, 0.3) is 0 Å². The molecule has 0 radical (unpaired) electrons. The molecule has 1 unspecified atom stereocenters. The Labute approximate surface area is 112 Å². The number of halogens is 1. The molecule has 1 saturated carbocycles. The van der Waals surface area contributed by atoms with E-state index in [1.54, 1.807) is 19.2 Å². The standard InChI is InChI=1S/C13H18ClN3O/c1-8(9-4-3-5-9)16-13(18)10-6-11(14)17-12(7-10)15-2/h6-9H,3-5H2,1-2H3,(H,15,17)(H,16,18). The second-order valence-electron chi connectivity index (χ2n) is 4.77. The number of nitrogens with one attached hydrogen (secondary N) is 2. The summed E-state index contributed by atoms with van der Waals surface area (Å²) in [5.74, 6) is 1.13. The maximum absolute atomic E-state index is 12.1. The van der Waals surface area contributed by atoms with E-state index in [9.17, 15) is 4.79 Å². The molecular weight excluding hydrogens is 250 g/mol. The molecule has 4 nitrogen and oxygen atoms in total. The van der Waals surface area contributed by atoms with Gasteiger partial charge < -0.3 is 10.6 Å². The fourth-order valence-corrected chi connectivity index (χ4v) is 2.31. The summed E-state index contributed by atoms with van der Waals surface area (Å²) < 4.78 is 0. The van der Waals surface area contributed by atoms with Crippen LogP contribution >= 0.6 is 11.6 Å². The molecule has 98 valence electrons. The van der Waals surface area contributed by atoms with Crippen molar-refractivity contribution in [3.05, 3.63) is 22.8 Å². The van der Waals surface area contributed by atoms with Crippen LogP contribution in [0.15, 0.2) is 12.1 Å². The first kappa shape index (κ1) is 13.1. The lowest BCUT2D eigenvalue weighted by atomic mass is 9.80. The van der Waals surface area contributed by atoms with E-state index >= 15 is 0 Å². The SMILES string of the molecule is CNc1cc(C(=O)NC(C)C2CCC2)cc(Cl)n1. The normalized spacial score (nSPS) is 16.8. The second-order valence-corrected chi connectivity index (χ2v) is 5.15. The van der Waals surface area contributed by atoms with Gasteiger partial charge in [-0.05, 0) is 37.8 Å². The van der Waals surface area contributed by atoms with Crippen LogP contribution in [0.4, 0.5) is 5.82 Å². The number of hydrogen-bond acceptors (Lipinski definition) is 3. The number of carbonyl (C=O) groups excluding carboxylic acids is 1. The predicted octanol–water partition coefficient (Wildman–Crippen LogP) is 2.70. The van der Waals surface area contributed by atoms with Gasteiger partial charge in [0, 0.05) is 18.7 Å². The van der Waals surface area contributed by atoms with Crippen molar-refractivity contribution >= 4 is 23.3 Å². The first-order valence-electron chi connectivity index (χ1n) is 6.26. The van der Waals surface area contributed by atoms with Gasteiger partial charge in [-0.2, -0.15) is 0 Å². The van der Waals surface area contributed by atoms with Gasteiger partial charge in [0.15, 0.2) is 0 Å². The largest absolute Gasteiger partial charge is 0.373 e. The second kappa shape index (κ2) is 5.57. The van der Waals surface area contributed by atoms with Crippen molar-refractivity contribution in [1.82, 2.24) is 10.3 Å². The van der Waals surface area contributed by atoms with E-state index in [0.717, 1.165) is 0 Å². The van der Waals surface area contributed by atoms with Crippen LogP contribution in [0.1, 0.15) is 36.5 Å². The number of amides is 1. The molecule has 0 aromatic carbocycles. The molecule has 0 spiro atoms. The highest BCUT2D eigenvalue weighted by Gasteiger charge is 2.25. The quantitative estimate of drug-likeness (QED) is 0.825. The number of nitrogens with zero attached hydrogens (tertiary/aromatic N) is 1. The van der Waals surface area contributed by atoms with E-state index in [0.29, 0.717) is 22.5 Å². The van der Waals surface area contributed by atoms with Crippen LogP contribution in [0.2, 0.25) is 5.15 Å². The zero-order chi connectivity index (χ0) is 13.1. The van der Waals surface area contributed by atoms with E-state index in [1.165, 1.54) is 19.3 Å². The summed E-state index contributed by atoms with van der Waals surface area (Å²) in [6, 6.07) is 3.51. The first-order chi connectivity index (χ1) is 8.60. The topological polar surface area (TPSA) is 54.0 Å². The van der Waals surface area contributed by atoms with E-state index in [1.807, 2.05) is 0 Å². The van der Waals surface area contributed by atoms with E-state index in [2.05, 4.69) is 22.5 Å². The molecule has 1 atom stereocenters. The van der Waals surface area contributed by atoms with Gasteiger partial charge in [0.25, 0.3) is 5.91 Å². The van der Waals surface area contributed by atoms with E-state index in [-0.39, 0.29) is 11.9 Å². The molecule has 1 aromatic rings. The highest BCUT2D eigenvalue weighted by atomic mass is 35.5. The highest BCUT2D eigenvalue weighted by molar-refractivity contribution is 6.29. The summed E-state index contributed by atoms with van der Waals surface area (Å²) in [7, 11) is 1.75. The minimum Gasteiger partial charge on any atom is -0.373 e. The molecular formula is C13H18ClN3O. The Balaban J connectivity index is 2.05. The molecule has 18 heavy (non-hydrogen) atoms. The van der Waals surface area contributed by atoms with Crippen molar-refractivity contribution in [3.63, 3.8) is 0 Å². The summed E-state index contributed by atoms with van der Waals surface area (Å²) in [6.07, 6.45) is 3.69. The van der Waals surface area contributed by atoms with Gasteiger partial charge in [0.05, 0.1) is 0 Å². The summed E-state index contributed by atoms with van der Waals surface area (Å²) >= 11 is 5.88. The third kappa shape index (κ3) is 2.93. The average Bonchev–Trinajstić information content (AvgIpc) is 2.25. The molecule has 0 saturated heterocycles. The molecule has 2 N–H and O–H groups in total. The number of hydrogen-bond donors (Lipinski definition) is 2.